The smallest absolute Gasteiger partial charge is 0.316 e. The maximum atomic E-state index is 13.3. The lowest BCUT2D eigenvalue weighted by molar-refractivity contribution is -0.384. The first-order valence-electron chi connectivity index (χ1n) is 10.8. The van der Waals surface area contributed by atoms with Crippen LogP contribution < -0.4 is 5.32 Å². The Hall–Kier alpha value is -3.74. The number of carbonyl (C=O) groups is 2. The molecule has 2 unspecified atom stereocenters. The van der Waals surface area contributed by atoms with Crippen molar-refractivity contribution < 1.29 is 19.2 Å². The zero-order chi connectivity index (χ0) is 23.8. The average Bonchev–Trinajstić information content (AvgIpc) is 2.76. The number of Topliss-reactive ketones (excluding diaryl/α,β-unsaturated/α-hetero) is 1. The van der Waals surface area contributed by atoms with Gasteiger partial charge in [-0.15, -0.1) is 0 Å². The molecule has 33 heavy (non-hydrogen) atoms. The third-order valence-corrected chi connectivity index (χ3v) is 6.19. The van der Waals surface area contributed by atoms with E-state index in [4.69, 9.17) is 4.74 Å². The molecule has 2 aromatic rings. The molecule has 0 aromatic heterocycles. The molecule has 170 valence electrons. The van der Waals surface area contributed by atoms with Gasteiger partial charge in [0.2, 0.25) is 0 Å². The molecule has 2 atom stereocenters. The van der Waals surface area contributed by atoms with E-state index in [1.165, 1.54) is 12.1 Å². The van der Waals surface area contributed by atoms with Crippen LogP contribution in [0.2, 0.25) is 0 Å². The summed E-state index contributed by atoms with van der Waals surface area (Å²) in [5, 5.41) is 14.3. The minimum Gasteiger partial charge on any atom is -0.460 e. The third kappa shape index (κ3) is 4.58. The fraction of sp³-hybridized carbons (Fsp3) is 0.308. The van der Waals surface area contributed by atoms with Crippen molar-refractivity contribution in [2.75, 3.05) is 0 Å². The number of nitrogens with one attached hydrogen (secondary N) is 1. The van der Waals surface area contributed by atoms with Gasteiger partial charge in [-0.1, -0.05) is 62.9 Å². The summed E-state index contributed by atoms with van der Waals surface area (Å²) in [5.41, 5.74) is 2.98. The maximum Gasteiger partial charge on any atom is 0.316 e. The standard InChI is InChI=1S/C26H26N2O5/c1-16-22(25(30)33-15-17-7-5-4-6-8-17)23(18-9-11-19(12-10-18)28(31)32)24-20(27-16)13-26(2,3)14-21(24)29/h4-12,22-23,27H,1,13-15H2,2-3H3. The summed E-state index contributed by atoms with van der Waals surface area (Å²) in [6.45, 7) is 8.25. The van der Waals surface area contributed by atoms with E-state index in [9.17, 15) is 19.7 Å². The number of nitro groups is 1. The van der Waals surface area contributed by atoms with Crippen molar-refractivity contribution in [3.63, 3.8) is 0 Å². The van der Waals surface area contributed by atoms with E-state index in [0.717, 1.165) is 11.3 Å². The predicted octanol–water partition coefficient (Wildman–Crippen LogP) is 4.80. The molecule has 0 spiro atoms. The van der Waals surface area contributed by atoms with Gasteiger partial charge in [-0.3, -0.25) is 19.7 Å². The van der Waals surface area contributed by atoms with Crippen LogP contribution in [0, 0.1) is 21.4 Å². The SMILES string of the molecule is C=C1NC2=C(C(=O)CC(C)(C)C2)C(c2ccc([N+](=O)[O-])cc2)C1C(=O)OCc1ccccc1. The van der Waals surface area contributed by atoms with Gasteiger partial charge >= 0.3 is 5.97 Å². The number of non-ortho nitro benzene ring substituents is 1. The zero-order valence-electron chi connectivity index (χ0n) is 18.7. The van der Waals surface area contributed by atoms with E-state index in [1.807, 2.05) is 44.2 Å². The highest BCUT2D eigenvalue weighted by Gasteiger charge is 2.46. The van der Waals surface area contributed by atoms with Crippen LogP contribution in [-0.2, 0) is 20.9 Å². The number of ether oxygens (including phenoxy) is 1. The van der Waals surface area contributed by atoms with Crippen molar-refractivity contribution in [3.8, 4) is 0 Å². The number of carbonyl (C=O) groups excluding carboxylic acids is 2. The van der Waals surface area contributed by atoms with E-state index < -0.39 is 22.7 Å². The Bertz CT molecular complexity index is 1150. The molecule has 4 rings (SSSR count). The van der Waals surface area contributed by atoms with Crippen LogP contribution in [0.5, 0.6) is 0 Å². The number of hydrogen-bond acceptors (Lipinski definition) is 6. The molecule has 0 radical (unpaired) electrons. The highest BCUT2D eigenvalue weighted by molar-refractivity contribution is 6.00. The van der Waals surface area contributed by atoms with Crippen molar-refractivity contribution in [2.45, 2.75) is 39.2 Å². The first kappa shape index (κ1) is 22.5. The second-order valence-corrected chi connectivity index (χ2v) is 9.38. The van der Waals surface area contributed by atoms with Gasteiger partial charge in [0.25, 0.3) is 5.69 Å². The van der Waals surface area contributed by atoms with Crippen LogP contribution in [0.15, 0.2) is 78.1 Å². The van der Waals surface area contributed by atoms with Crippen LogP contribution in [-0.4, -0.2) is 16.7 Å². The first-order valence-corrected chi connectivity index (χ1v) is 10.8. The minimum atomic E-state index is -0.834. The predicted molar refractivity (Wildman–Crippen MR) is 123 cm³/mol. The lowest BCUT2D eigenvalue weighted by Gasteiger charge is -2.42. The maximum absolute atomic E-state index is 13.3. The van der Waals surface area contributed by atoms with Crippen molar-refractivity contribution in [1.29, 1.82) is 0 Å². The average molecular weight is 447 g/mol. The summed E-state index contributed by atoms with van der Waals surface area (Å²) in [5.74, 6) is -1.99. The Balaban J connectivity index is 1.73. The lowest BCUT2D eigenvalue weighted by Crippen LogP contribution is -2.43. The first-order chi connectivity index (χ1) is 15.7. The molecular formula is C26H26N2O5. The molecule has 1 heterocycles. The molecule has 0 saturated heterocycles. The number of allylic oxidation sites excluding steroid dienone is 2. The van der Waals surface area contributed by atoms with Crippen molar-refractivity contribution in [1.82, 2.24) is 5.32 Å². The van der Waals surface area contributed by atoms with E-state index in [2.05, 4.69) is 11.9 Å². The Morgan fingerprint density at radius 3 is 2.45 bits per heavy atom. The number of nitrogens with zero attached hydrogens (tertiary/aromatic N) is 1. The fourth-order valence-electron chi connectivity index (χ4n) is 4.71. The van der Waals surface area contributed by atoms with Gasteiger partial charge in [0, 0.05) is 41.4 Å². The van der Waals surface area contributed by atoms with Gasteiger partial charge in [0.15, 0.2) is 5.78 Å². The number of benzene rings is 2. The molecule has 7 heteroatoms. The van der Waals surface area contributed by atoms with Gasteiger partial charge in [-0.25, -0.2) is 0 Å². The summed E-state index contributed by atoms with van der Waals surface area (Å²) < 4.78 is 5.63. The summed E-state index contributed by atoms with van der Waals surface area (Å²) >= 11 is 0. The van der Waals surface area contributed by atoms with Crippen LogP contribution >= 0.6 is 0 Å². The van der Waals surface area contributed by atoms with Crippen LogP contribution in [0.3, 0.4) is 0 Å². The quantitative estimate of drug-likeness (QED) is 0.402. The molecular weight excluding hydrogens is 420 g/mol. The largest absolute Gasteiger partial charge is 0.460 e. The van der Waals surface area contributed by atoms with Crippen LogP contribution in [0.25, 0.3) is 0 Å². The number of rotatable bonds is 5. The lowest BCUT2D eigenvalue weighted by atomic mass is 9.66. The van der Waals surface area contributed by atoms with Crippen LogP contribution in [0.1, 0.15) is 43.7 Å². The molecule has 2 aromatic carbocycles. The number of ketones is 1. The summed E-state index contributed by atoms with van der Waals surface area (Å²) in [4.78, 5) is 37.2. The van der Waals surface area contributed by atoms with E-state index in [1.54, 1.807) is 12.1 Å². The van der Waals surface area contributed by atoms with Gasteiger partial charge in [-0.2, -0.15) is 0 Å². The van der Waals surface area contributed by atoms with E-state index in [0.29, 0.717) is 29.7 Å². The van der Waals surface area contributed by atoms with Gasteiger partial charge in [0.1, 0.15) is 12.5 Å². The van der Waals surface area contributed by atoms with Crippen molar-refractivity contribution >= 4 is 17.4 Å². The third-order valence-electron chi connectivity index (χ3n) is 6.19. The molecule has 1 aliphatic heterocycles. The number of esters is 1. The molecule has 0 bridgehead atoms. The second-order valence-electron chi connectivity index (χ2n) is 9.38. The molecule has 0 fully saturated rings. The Labute approximate surface area is 192 Å². The topological polar surface area (TPSA) is 98.5 Å². The number of hydrogen-bond donors (Lipinski definition) is 1. The van der Waals surface area contributed by atoms with Crippen LogP contribution in [0.4, 0.5) is 5.69 Å². The van der Waals surface area contributed by atoms with Gasteiger partial charge in [-0.05, 0) is 23.0 Å². The molecule has 0 saturated carbocycles. The monoisotopic (exact) mass is 446 g/mol. The van der Waals surface area contributed by atoms with E-state index in [-0.39, 0.29) is 23.5 Å². The molecule has 0 amide bonds. The summed E-state index contributed by atoms with van der Waals surface area (Å²) in [7, 11) is 0. The highest BCUT2D eigenvalue weighted by atomic mass is 16.6. The highest BCUT2D eigenvalue weighted by Crippen LogP contribution is 2.48. The number of nitro benzene ring substituents is 1. The molecule has 1 aliphatic carbocycles. The molecule has 2 aliphatic rings. The normalized spacial score (nSPS) is 21.8. The Morgan fingerprint density at radius 1 is 1.15 bits per heavy atom. The minimum absolute atomic E-state index is 0.0366. The summed E-state index contributed by atoms with van der Waals surface area (Å²) in [6, 6.07) is 15.3. The van der Waals surface area contributed by atoms with Gasteiger partial charge < -0.3 is 10.1 Å². The Morgan fingerprint density at radius 2 is 1.82 bits per heavy atom. The Kier molecular flexibility index (Phi) is 5.89. The molecule has 1 N–H and O–H groups in total. The van der Waals surface area contributed by atoms with Gasteiger partial charge in [0.05, 0.1) is 4.92 Å². The molecule has 7 nitrogen and oxygen atoms in total. The van der Waals surface area contributed by atoms with Crippen molar-refractivity contribution in [2.24, 2.45) is 11.3 Å². The van der Waals surface area contributed by atoms with E-state index >= 15 is 0 Å². The fourth-order valence-corrected chi connectivity index (χ4v) is 4.71. The zero-order valence-corrected chi connectivity index (χ0v) is 18.7. The summed E-state index contributed by atoms with van der Waals surface area (Å²) in [6.07, 6.45) is 0.998. The van der Waals surface area contributed by atoms with Crippen molar-refractivity contribution in [3.05, 3.63) is 99.4 Å². The second kappa shape index (κ2) is 8.65.